The van der Waals surface area contributed by atoms with Gasteiger partial charge in [0.15, 0.2) is 0 Å². The van der Waals surface area contributed by atoms with Crippen LogP contribution in [-0.4, -0.2) is 46.1 Å². The molecule has 0 unspecified atom stereocenters. The van der Waals surface area contributed by atoms with Crippen molar-refractivity contribution in [2.45, 2.75) is 45.3 Å². The average Bonchev–Trinajstić information content (AvgIpc) is 3.35. The molecule has 188 valence electrons. The SMILES string of the molecule is CC(C)(C)OC(=O)N1CCC(n2cccc2C(=O)Oc2ccc(NC(=O)c3ccccc3)cc2)CC1. The highest BCUT2D eigenvalue weighted by Crippen LogP contribution is 2.27. The van der Waals surface area contributed by atoms with Crippen LogP contribution in [0.2, 0.25) is 0 Å². The lowest BCUT2D eigenvalue weighted by Gasteiger charge is -2.34. The van der Waals surface area contributed by atoms with Crippen molar-refractivity contribution >= 4 is 23.7 Å². The Kier molecular flexibility index (Phi) is 7.43. The van der Waals surface area contributed by atoms with Crippen LogP contribution in [0.3, 0.4) is 0 Å². The highest BCUT2D eigenvalue weighted by molar-refractivity contribution is 6.04. The van der Waals surface area contributed by atoms with Crippen molar-refractivity contribution in [1.29, 1.82) is 0 Å². The number of anilines is 1. The normalized spacial score (nSPS) is 14.2. The molecule has 1 N–H and O–H groups in total. The minimum atomic E-state index is -0.531. The van der Waals surface area contributed by atoms with Crippen molar-refractivity contribution in [3.05, 3.63) is 84.2 Å². The summed E-state index contributed by atoms with van der Waals surface area (Å²) in [5.41, 5.74) is 1.08. The van der Waals surface area contributed by atoms with Crippen LogP contribution in [0.4, 0.5) is 10.5 Å². The van der Waals surface area contributed by atoms with E-state index in [0.717, 1.165) is 0 Å². The zero-order chi connectivity index (χ0) is 25.7. The second-order valence-electron chi connectivity index (χ2n) is 9.73. The summed E-state index contributed by atoms with van der Waals surface area (Å²) < 4.78 is 13.0. The van der Waals surface area contributed by atoms with Crippen molar-refractivity contribution in [2.75, 3.05) is 18.4 Å². The molecule has 0 bridgehead atoms. The zero-order valence-corrected chi connectivity index (χ0v) is 20.8. The molecule has 0 spiro atoms. The molecule has 8 heteroatoms. The number of esters is 1. The lowest BCUT2D eigenvalue weighted by Crippen LogP contribution is -2.42. The van der Waals surface area contributed by atoms with Crippen LogP contribution in [0.5, 0.6) is 5.75 Å². The standard InChI is InChI=1S/C28H31N3O5/c1-28(2,3)36-27(34)30-18-15-22(16-19-30)31-17-7-10-24(31)26(33)35-23-13-11-21(12-14-23)29-25(32)20-8-5-4-6-9-20/h4-14,17,22H,15-16,18-19H2,1-3H3,(H,29,32). The molecule has 1 aromatic heterocycles. The van der Waals surface area contributed by atoms with Gasteiger partial charge < -0.3 is 24.3 Å². The number of aromatic nitrogens is 1. The maximum atomic E-state index is 12.9. The number of benzene rings is 2. The van der Waals surface area contributed by atoms with E-state index in [0.29, 0.717) is 48.6 Å². The molecule has 0 atom stereocenters. The van der Waals surface area contributed by atoms with Gasteiger partial charge >= 0.3 is 12.1 Å². The van der Waals surface area contributed by atoms with Gasteiger partial charge in [-0.3, -0.25) is 4.79 Å². The summed E-state index contributed by atoms with van der Waals surface area (Å²) in [5.74, 6) is -0.295. The van der Waals surface area contributed by atoms with Gasteiger partial charge in [0.25, 0.3) is 5.91 Å². The predicted molar refractivity (Wildman–Crippen MR) is 136 cm³/mol. The van der Waals surface area contributed by atoms with Gasteiger partial charge in [-0.1, -0.05) is 18.2 Å². The third-order valence-electron chi connectivity index (χ3n) is 5.86. The van der Waals surface area contributed by atoms with Gasteiger partial charge in [0.1, 0.15) is 17.0 Å². The number of rotatable bonds is 5. The topological polar surface area (TPSA) is 89.9 Å². The van der Waals surface area contributed by atoms with E-state index >= 15 is 0 Å². The molecule has 1 aliphatic rings. The average molecular weight is 490 g/mol. The Labute approximate surface area is 210 Å². The van der Waals surface area contributed by atoms with Gasteiger partial charge in [0.05, 0.1) is 0 Å². The number of ether oxygens (including phenoxy) is 2. The fourth-order valence-electron chi connectivity index (χ4n) is 4.10. The molecule has 2 amide bonds. The maximum Gasteiger partial charge on any atom is 0.410 e. The first-order valence-corrected chi connectivity index (χ1v) is 12.0. The number of hydrogen-bond acceptors (Lipinski definition) is 5. The summed E-state index contributed by atoms with van der Waals surface area (Å²) in [6.07, 6.45) is 2.98. The summed E-state index contributed by atoms with van der Waals surface area (Å²) in [4.78, 5) is 39.3. The molecule has 36 heavy (non-hydrogen) atoms. The van der Waals surface area contributed by atoms with Crippen LogP contribution in [0.1, 0.15) is 60.5 Å². The van der Waals surface area contributed by atoms with Crippen LogP contribution < -0.4 is 10.1 Å². The quantitative estimate of drug-likeness (QED) is 0.376. The Bertz CT molecular complexity index is 1200. The van der Waals surface area contributed by atoms with Gasteiger partial charge in [-0.05, 0) is 82.1 Å². The van der Waals surface area contributed by atoms with Gasteiger partial charge in [-0.2, -0.15) is 0 Å². The summed E-state index contributed by atoms with van der Waals surface area (Å²) in [6.45, 7) is 6.67. The Hall–Kier alpha value is -4.07. The summed E-state index contributed by atoms with van der Waals surface area (Å²) >= 11 is 0. The van der Waals surface area contributed by atoms with Crippen molar-refractivity contribution in [1.82, 2.24) is 9.47 Å². The van der Waals surface area contributed by atoms with Crippen molar-refractivity contribution < 1.29 is 23.9 Å². The molecule has 1 fully saturated rings. The first-order valence-electron chi connectivity index (χ1n) is 12.0. The summed E-state index contributed by atoms with van der Waals surface area (Å²) in [6, 6.07) is 19.2. The van der Waals surface area contributed by atoms with E-state index in [1.54, 1.807) is 59.5 Å². The molecule has 8 nitrogen and oxygen atoms in total. The largest absolute Gasteiger partial charge is 0.444 e. The lowest BCUT2D eigenvalue weighted by molar-refractivity contribution is 0.0186. The van der Waals surface area contributed by atoms with Crippen LogP contribution in [0, 0.1) is 0 Å². The third kappa shape index (κ3) is 6.33. The zero-order valence-electron chi connectivity index (χ0n) is 20.8. The number of carbonyl (C=O) groups excluding carboxylic acids is 3. The van der Waals surface area contributed by atoms with Crippen molar-refractivity contribution in [2.24, 2.45) is 0 Å². The molecule has 1 aliphatic heterocycles. The first kappa shape index (κ1) is 25.0. The van der Waals surface area contributed by atoms with Crippen molar-refractivity contribution in [3.63, 3.8) is 0 Å². The second kappa shape index (κ2) is 10.7. The molecule has 2 heterocycles. The Morgan fingerprint density at radius 2 is 1.56 bits per heavy atom. The first-order chi connectivity index (χ1) is 17.2. The van der Waals surface area contributed by atoms with Gasteiger partial charge in [-0.25, -0.2) is 9.59 Å². The summed E-state index contributed by atoms with van der Waals surface area (Å²) in [5, 5.41) is 2.82. The molecule has 0 saturated carbocycles. The Balaban J connectivity index is 1.33. The van der Waals surface area contributed by atoms with Crippen molar-refractivity contribution in [3.8, 4) is 5.75 Å². The molecule has 4 rings (SSSR count). The van der Waals surface area contributed by atoms with E-state index in [-0.39, 0.29) is 18.0 Å². The second-order valence-corrected chi connectivity index (χ2v) is 9.73. The number of likely N-dealkylation sites (tertiary alicyclic amines) is 1. The van der Waals surface area contributed by atoms with Crippen LogP contribution in [0.15, 0.2) is 72.9 Å². The minimum Gasteiger partial charge on any atom is -0.444 e. The maximum absolute atomic E-state index is 12.9. The van der Waals surface area contributed by atoms with E-state index in [9.17, 15) is 14.4 Å². The predicted octanol–water partition coefficient (Wildman–Crippen LogP) is 5.53. The number of amides is 2. The number of nitrogens with one attached hydrogen (secondary N) is 1. The highest BCUT2D eigenvalue weighted by atomic mass is 16.6. The highest BCUT2D eigenvalue weighted by Gasteiger charge is 2.29. The molecular weight excluding hydrogens is 458 g/mol. The number of carbonyl (C=O) groups is 3. The van der Waals surface area contributed by atoms with E-state index in [1.807, 2.05) is 43.7 Å². The van der Waals surface area contributed by atoms with Gasteiger partial charge in [-0.15, -0.1) is 0 Å². The smallest absolute Gasteiger partial charge is 0.410 e. The number of hydrogen-bond donors (Lipinski definition) is 1. The Morgan fingerprint density at radius 1 is 0.889 bits per heavy atom. The minimum absolute atomic E-state index is 0.0804. The third-order valence-corrected chi connectivity index (χ3v) is 5.86. The van der Waals surface area contributed by atoms with E-state index in [4.69, 9.17) is 9.47 Å². The Morgan fingerprint density at radius 3 is 2.19 bits per heavy atom. The fourth-order valence-corrected chi connectivity index (χ4v) is 4.10. The summed E-state index contributed by atoms with van der Waals surface area (Å²) in [7, 11) is 0. The molecule has 0 aliphatic carbocycles. The molecule has 1 saturated heterocycles. The molecular formula is C28H31N3O5. The van der Waals surface area contributed by atoms with Crippen LogP contribution in [0.25, 0.3) is 0 Å². The van der Waals surface area contributed by atoms with Gasteiger partial charge in [0.2, 0.25) is 0 Å². The lowest BCUT2D eigenvalue weighted by atomic mass is 10.0. The molecule has 2 aromatic carbocycles. The van der Waals surface area contributed by atoms with E-state index in [2.05, 4.69) is 5.32 Å². The molecule has 0 radical (unpaired) electrons. The molecule has 3 aromatic rings. The van der Waals surface area contributed by atoms with E-state index < -0.39 is 11.6 Å². The fraction of sp³-hybridized carbons (Fsp3) is 0.321. The van der Waals surface area contributed by atoms with Gasteiger partial charge in [0, 0.05) is 36.6 Å². The van der Waals surface area contributed by atoms with Crippen LogP contribution in [-0.2, 0) is 4.74 Å². The monoisotopic (exact) mass is 489 g/mol. The number of nitrogens with zero attached hydrogens (tertiary/aromatic N) is 2. The van der Waals surface area contributed by atoms with Crippen LogP contribution >= 0.6 is 0 Å². The number of piperidine rings is 1. The van der Waals surface area contributed by atoms with E-state index in [1.165, 1.54) is 0 Å².